The van der Waals surface area contributed by atoms with Gasteiger partial charge >= 0.3 is 0 Å². The number of hydrogen-bond donors (Lipinski definition) is 2. The zero-order valence-corrected chi connectivity index (χ0v) is 14.5. The maximum absolute atomic E-state index is 12.4. The average Bonchev–Trinajstić information content (AvgIpc) is 2.59. The molecule has 0 spiro atoms. The quantitative estimate of drug-likeness (QED) is 0.809. The SMILES string of the molecule is COc1ccc(NC(=O)C(C)C2CNC2)cc1OCc1cccnc1. The predicted molar refractivity (Wildman–Crippen MR) is 95.7 cm³/mol. The van der Waals surface area contributed by atoms with Gasteiger partial charge in [-0.25, -0.2) is 0 Å². The summed E-state index contributed by atoms with van der Waals surface area (Å²) in [5, 5.41) is 6.16. The number of hydrogen-bond acceptors (Lipinski definition) is 5. The van der Waals surface area contributed by atoms with E-state index in [2.05, 4.69) is 15.6 Å². The number of ether oxygens (including phenoxy) is 2. The molecule has 6 heteroatoms. The fraction of sp³-hybridized carbons (Fsp3) is 0.368. The van der Waals surface area contributed by atoms with E-state index in [1.54, 1.807) is 31.6 Å². The number of amides is 1. The molecule has 2 aromatic rings. The summed E-state index contributed by atoms with van der Waals surface area (Å²) in [5.41, 5.74) is 1.66. The van der Waals surface area contributed by atoms with Gasteiger partial charge in [-0.1, -0.05) is 13.0 Å². The van der Waals surface area contributed by atoms with Crippen molar-refractivity contribution < 1.29 is 14.3 Å². The highest BCUT2D eigenvalue weighted by atomic mass is 16.5. The Morgan fingerprint density at radius 1 is 1.36 bits per heavy atom. The van der Waals surface area contributed by atoms with E-state index in [4.69, 9.17) is 9.47 Å². The number of anilines is 1. The molecule has 1 amide bonds. The van der Waals surface area contributed by atoms with Crippen molar-refractivity contribution in [2.75, 3.05) is 25.5 Å². The first kappa shape index (κ1) is 17.2. The standard InChI is InChI=1S/C19H23N3O3/c1-13(15-10-21-11-15)19(23)22-16-5-6-17(24-2)18(8-16)25-12-14-4-3-7-20-9-14/h3-9,13,15,21H,10-12H2,1-2H3,(H,22,23). The summed E-state index contributed by atoms with van der Waals surface area (Å²) in [4.78, 5) is 16.4. The molecule has 1 aromatic carbocycles. The second kappa shape index (κ2) is 7.98. The fourth-order valence-electron chi connectivity index (χ4n) is 2.65. The Balaban J connectivity index is 1.67. The Hall–Kier alpha value is -2.60. The van der Waals surface area contributed by atoms with Crippen LogP contribution in [0.25, 0.3) is 0 Å². The molecule has 132 valence electrons. The second-order valence-electron chi connectivity index (χ2n) is 6.21. The predicted octanol–water partition coefficient (Wildman–Crippen LogP) is 2.46. The lowest BCUT2D eigenvalue weighted by Gasteiger charge is -2.31. The van der Waals surface area contributed by atoms with Gasteiger partial charge in [-0.3, -0.25) is 9.78 Å². The van der Waals surface area contributed by atoms with Crippen LogP contribution >= 0.6 is 0 Å². The van der Waals surface area contributed by atoms with Gasteiger partial charge in [-0.05, 0) is 37.2 Å². The summed E-state index contributed by atoms with van der Waals surface area (Å²) in [6.07, 6.45) is 3.48. The molecule has 25 heavy (non-hydrogen) atoms. The molecule has 1 fully saturated rings. The molecule has 1 saturated heterocycles. The van der Waals surface area contributed by atoms with Gasteiger partial charge in [-0.15, -0.1) is 0 Å². The average molecular weight is 341 g/mol. The fourth-order valence-corrected chi connectivity index (χ4v) is 2.65. The van der Waals surface area contributed by atoms with E-state index in [0.717, 1.165) is 18.7 Å². The van der Waals surface area contributed by atoms with Crippen LogP contribution in [0.5, 0.6) is 11.5 Å². The highest BCUT2D eigenvalue weighted by Crippen LogP contribution is 2.31. The zero-order chi connectivity index (χ0) is 17.6. The van der Waals surface area contributed by atoms with E-state index >= 15 is 0 Å². The number of aromatic nitrogens is 1. The van der Waals surface area contributed by atoms with Gasteiger partial charge in [0.2, 0.25) is 5.91 Å². The Labute approximate surface area is 147 Å². The Bertz CT molecular complexity index is 717. The molecule has 0 bridgehead atoms. The summed E-state index contributed by atoms with van der Waals surface area (Å²) >= 11 is 0. The van der Waals surface area contributed by atoms with E-state index in [1.165, 1.54) is 0 Å². The van der Waals surface area contributed by atoms with Crippen molar-refractivity contribution in [1.82, 2.24) is 10.3 Å². The summed E-state index contributed by atoms with van der Waals surface area (Å²) in [7, 11) is 1.59. The Kier molecular flexibility index (Phi) is 5.50. The number of rotatable bonds is 7. The third kappa shape index (κ3) is 4.28. The summed E-state index contributed by atoms with van der Waals surface area (Å²) < 4.78 is 11.2. The van der Waals surface area contributed by atoms with Crippen LogP contribution in [0.4, 0.5) is 5.69 Å². The van der Waals surface area contributed by atoms with Crippen LogP contribution in [0.1, 0.15) is 12.5 Å². The molecule has 3 rings (SSSR count). The minimum absolute atomic E-state index is 0.0230. The number of nitrogens with one attached hydrogen (secondary N) is 2. The van der Waals surface area contributed by atoms with Crippen molar-refractivity contribution in [2.24, 2.45) is 11.8 Å². The topological polar surface area (TPSA) is 72.5 Å². The highest BCUT2D eigenvalue weighted by molar-refractivity contribution is 5.93. The smallest absolute Gasteiger partial charge is 0.227 e. The van der Waals surface area contributed by atoms with Crippen LogP contribution in [0.2, 0.25) is 0 Å². The molecular weight excluding hydrogens is 318 g/mol. The van der Waals surface area contributed by atoms with E-state index in [9.17, 15) is 4.79 Å². The monoisotopic (exact) mass is 341 g/mol. The van der Waals surface area contributed by atoms with Crippen LogP contribution in [0.15, 0.2) is 42.7 Å². The first-order chi connectivity index (χ1) is 12.2. The molecule has 1 aromatic heterocycles. The van der Waals surface area contributed by atoms with Crippen molar-refractivity contribution in [3.8, 4) is 11.5 Å². The van der Waals surface area contributed by atoms with Gasteiger partial charge in [0.05, 0.1) is 7.11 Å². The van der Waals surface area contributed by atoms with Crippen LogP contribution in [0, 0.1) is 11.8 Å². The number of benzene rings is 1. The van der Waals surface area contributed by atoms with Crippen LogP contribution in [0.3, 0.4) is 0 Å². The molecular formula is C19H23N3O3. The van der Waals surface area contributed by atoms with Crippen molar-refractivity contribution in [3.63, 3.8) is 0 Å². The number of carbonyl (C=O) groups is 1. The van der Waals surface area contributed by atoms with Gasteiger partial charge in [0.25, 0.3) is 0 Å². The lowest BCUT2D eigenvalue weighted by atomic mass is 9.88. The van der Waals surface area contributed by atoms with Gasteiger partial charge < -0.3 is 20.1 Å². The van der Waals surface area contributed by atoms with Crippen molar-refractivity contribution in [1.29, 1.82) is 0 Å². The van der Waals surface area contributed by atoms with Gasteiger partial charge in [0.15, 0.2) is 11.5 Å². The third-order valence-electron chi connectivity index (χ3n) is 4.48. The van der Waals surface area contributed by atoms with Gasteiger partial charge in [0.1, 0.15) is 6.61 Å². The van der Waals surface area contributed by atoms with Crippen LogP contribution in [-0.4, -0.2) is 31.1 Å². The molecule has 0 saturated carbocycles. The van der Waals surface area contributed by atoms with Crippen molar-refractivity contribution in [2.45, 2.75) is 13.5 Å². The van der Waals surface area contributed by atoms with Gasteiger partial charge in [0, 0.05) is 35.6 Å². The summed E-state index contributed by atoms with van der Waals surface area (Å²) in [6, 6.07) is 9.21. The minimum atomic E-state index is -0.0249. The summed E-state index contributed by atoms with van der Waals surface area (Å²) in [6.45, 7) is 4.14. The molecule has 2 heterocycles. The lowest BCUT2D eigenvalue weighted by Crippen LogP contribution is -2.48. The maximum Gasteiger partial charge on any atom is 0.227 e. The molecule has 1 atom stereocenters. The Morgan fingerprint density at radius 3 is 2.84 bits per heavy atom. The lowest BCUT2D eigenvalue weighted by molar-refractivity contribution is -0.121. The van der Waals surface area contributed by atoms with E-state index < -0.39 is 0 Å². The largest absolute Gasteiger partial charge is 0.493 e. The highest BCUT2D eigenvalue weighted by Gasteiger charge is 2.28. The van der Waals surface area contributed by atoms with Gasteiger partial charge in [-0.2, -0.15) is 0 Å². The Morgan fingerprint density at radius 2 is 2.20 bits per heavy atom. The molecule has 2 N–H and O–H groups in total. The zero-order valence-electron chi connectivity index (χ0n) is 14.5. The number of carbonyl (C=O) groups excluding carboxylic acids is 1. The summed E-state index contributed by atoms with van der Waals surface area (Å²) in [5.74, 6) is 1.61. The van der Waals surface area contributed by atoms with E-state index in [1.807, 2.05) is 25.1 Å². The molecule has 0 radical (unpaired) electrons. The normalized spacial score (nSPS) is 15.1. The van der Waals surface area contributed by atoms with E-state index in [0.29, 0.717) is 29.7 Å². The number of nitrogens with zero attached hydrogens (tertiary/aromatic N) is 1. The molecule has 1 aliphatic rings. The van der Waals surface area contributed by atoms with Crippen molar-refractivity contribution >= 4 is 11.6 Å². The number of methoxy groups -OCH3 is 1. The first-order valence-electron chi connectivity index (χ1n) is 8.38. The maximum atomic E-state index is 12.4. The number of pyridine rings is 1. The molecule has 0 aliphatic carbocycles. The van der Waals surface area contributed by atoms with Crippen LogP contribution < -0.4 is 20.1 Å². The molecule has 1 unspecified atom stereocenters. The van der Waals surface area contributed by atoms with Crippen molar-refractivity contribution in [3.05, 3.63) is 48.3 Å². The van der Waals surface area contributed by atoms with Crippen LogP contribution in [-0.2, 0) is 11.4 Å². The third-order valence-corrected chi connectivity index (χ3v) is 4.48. The second-order valence-corrected chi connectivity index (χ2v) is 6.21. The van der Waals surface area contributed by atoms with E-state index in [-0.39, 0.29) is 11.8 Å². The first-order valence-corrected chi connectivity index (χ1v) is 8.38. The molecule has 6 nitrogen and oxygen atoms in total. The minimum Gasteiger partial charge on any atom is -0.493 e. The molecule has 1 aliphatic heterocycles.